The molecule has 86 valence electrons. The summed E-state index contributed by atoms with van der Waals surface area (Å²) in [6.45, 7) is 4.48. The van der Waals surface area contributed by atoms with Crippen molar-refractivity contribution >= 4 is 22.5 Å². The zero-order chi connectivity index (χ0) is 11.8. The summed E-state index contributed by atoms with van der Waals surface area (Å²) in [4.78, 5) is 13.7. The molecule has 0 saturated carbocycles. The molecule has 1 unspecified atom stereocenters. The molecule has 4 nitrogen and oxygen atoms in total. The first-order valence-corrected chi connectivity index (χ1v) is 5.64. The van der Waals surface area contributed by atoms with Crippen molar-refractivity contribution in [1.29, 1.82) is 0 Å². The summed E-state index contributed by atoms with van der Waals surface area (Å²) in [6.07, 6.45) is 4.19. The fourth-order valence-corrected chi connectivity index (χ4v) is 2.24. The Labute approximate surface area is 98.9 Å². The van der Waals surface area contributed by atoms with Gasteiger partial charge in [-0.2, -0.15) is 5.10 Å². The number of benzene rings is 1. The number of nitrogens with zero attached hydrogens (tertiary/aromatic N) is 2. The summed E-state index contributed by atoms with van der Waals surface area (Å²) >= 11 is 0. The Bertz CT molecular complexity index is 587. The van der Waals surface area contributed by atoms with Crippen molar-refractivity contribution in [3.05, 3.63) is 37.1 Å². The van der Waals surface area contributed by atoms with Crippen molar-refractivity contribution in [3.63, 3.8) is 0 Å². The maximum Gasteiger partial charge on any atom is 0.227 e. The van der Waals surface area contributed by atoms with Gasteiger partial charge >= 0.3 is 0 Å². The molecule has 1 atom stereocenters. The van der Waals surface area contributed by atoms with Gasteiger partial charge in [-0.05, 0) is 18.2 Å². The standard InChI is InChI=1S/C13H13N3O/c1-2-9-5-13(17)16(8-9)11-3-4-12-10(6-11)7-14-15-12/h2-4,6-7,9H,1,5,8H2,(H,14,15). The molecular formula is C13H13N3O. The highest BCUT2D eigenvalue weighted by atomic mass is 16.2. The van der Waals surface area contributed by atoms with E-state index in [2.05, 4.69) is 16.8 Å². The van der Waals surface area contributed by atoms with Gasteiger partial charge in [0, 0.05) is 30.0 Å². The number of carbonyl (C=O) groups is 1. The number of anilines is 1. The molecule has 1 fully saturated rings. The fraction of sp³-hybridized carbons (Fsp3) is 0.231. The topological polar surface area (TPSA) is 49.0 Å². The largest absolute Gasteiger partial charge is 0.312 e. The zero-order valence-corrected chi connectivity index (χ0v) is 9.39. The fourth-order valence-electron chi connectivity index (χ4n) is 2.24. The molecule has 4 heteroatoms. The summed E-state index contributed by atoms with van der Waals surface area (Å²) in [5.74, 6) is 0.431. The number of H-pyrrole nitrogens is 1. The SMILES string of the molecule is C=CC1CC(=O)N(c2ccc3[nH]ncc3c2)C1. The quantitative estimate of drug-likeness (QED) is 0.799. The first kappa shape index (κ1) is 10.1. The van der Waals surface area contributed by atoms with Crippen LogP contribution < -0.4 is 4.90 Å². The lowest BCUT2D eigenvalue weighted by Crippen LogP contribution is -2.24. The molecule has 3 rings (SSSR count). The van der Waals surface area contributed by atoms with Crippen LogP contribution in [0.2, 0.25) is 0 Å². The highest BCUT2D eigenvalue weighted by Crippen LogP contribution is 2.27. The normalized spacial score (nSPS) is 20.1. The number of carbonyl (C=O) groups excluding carboxylic acids is 1. The highest BCUT2D eigenvalue weighted by Gasteiger charge is 2.28. The second kappa shape index (κ2) is 3.73. The van der Waals surface area contributed by atoms with E-state index in [9.17, 15) is 4.79 Å². The van der Waals surface area contributed by atoms with Crippen molar-refractivity contribution in [2.24, 2.45) is 5.92 Å². The second-order valence-corrected chi connectivity index (χ2v) is 4.35. The van der Waals surface area contributed by atoms with Crippen LogP contribution >= 0.6 is 0 Å². The van der Waals surface area contributed by atoms with Crippen LogP contribution in [-0.2, 0) is 4.79 Å². The monoisotopic (exact) mass is 227 g/mol. The van der Waals surface area contributed by atoms with Gasteiger partial charge in [0.05, 0.1) is 11.7 Å². The third-order valence-corrected chi connectivity index (χ3v) is 3.22. The van der Waals surface area contributed by atoms with Crippen molar-refractivity contribution in [2.45, 2.75) is 6.42 Å². The Morgan fingerprint density at radius 2 is 2.41 bits per heavy atom. The van der Waals surface area contributed by atoms with Gasteiger partial charge in [-0.1, -0.05) is 6.08 Å². The van der Waals surface area contributed by atoms with Crippen LogP contribution in [-0.4, -0.2) is 22.6 Å². The number of amides is 1. The molecule has 1 aliphatic rings. The third-order valence-electron chi connectivity index (χ3n) is 3.22. The Kier molecular flexibility index (Phi) is 2.21. The summed E-state index contributed by atoms with van der Waals surface area (Å²) < 4.78 is 0. The van der Waals surface area contributed by atoms with Crippen LogP contribution in [0, 0.1) is 5.92 Å². The van der Waals surface area contributed by atoms with Gasteiger partial charge in [0.15, 0.2) is 0 Å². The van der Waals surface area contributed by atoms with Gasteiger partial charge in [0.25, 0.3) is 0 Å². The first-order valence-electron chi connectivity index (χ1n) is 5.64. The Balaban J connectivity index is 1.98. The molecule has 0 bridgehead atoms. The number of aromatic amines is 1. The molecule has 1 aromatic heterocycles. The molecule has 1 saturated heterocycles. The molecule has 0 spiro atoms. The van der Waals surface area contributed by atoms with E-state index >= 15 is 0 Å². The van der Waals surface area contributed by atoms with Gasteiger partial charge in [-0.15, -0.1) is 6.58 Å². The lowest BCUT2D eigenvalue weighted by molar-refractivity contribution is -0.117. The van der Waals surface area contributed by atoms with E-state index in [-0.39, 0.29) is 11.8 Å². The lowest BCUT2D eigenvalue weighted by atomic mass is 10.1. The van der Waals surface area contributed by atoms with E-state index in [0.29, 0.717) is 6.42 Å². The molecular weight excluding hydrogens is 214 g/mol. The van der Waals surface area contributed by atoms with E-state index in [0.717, 1.165) is 23.1 Å². The van der Waals surface area contributed by atoms with Gasteiger partial charge in [-0.25, -0.2) is 0 Å². The number of rotatable bonds is 2. The summed E-state index contributed by atoms with van der Waals surface area (Å²) in [5.41, 5.74) is 1.92. The smallest absolute Gasteiger partial charge is 0.227 e. The Morgan fingerprint density at radius 1 is 1.53 bits per heavy atom. The van der Waals surface area contributed by atoms with Crippen molar-refractivity contribution < 1.29 is 4.79 Å². The van der Waals surface area contributed by atoms with Crippen LogP contribution in [0.4, 0.5) is 5.69 Å². The molecule has 0 aliphatic carbocycles. The first-order chi connectivity index (χ1) is 8.28. The maximum absolute atomic E-state index is 11.9. The summed E-state index contributed by atoms with van der Waals surface area (Å²) in [6, 6.07) is 5.89. The number of fused-ring (bicyclic) bond motifs is 1. The van der Waals surface area contributed by atoms with E-state index in [1.807, 2.05) is 29.2 Å². The molecule has 2 heterocycles. The van der Waals surface area contributed by atoms with Crippen LogP contribution in [0.25, 0.3) is 10.9 Å². The average molecular weight is 227 g/mol. The zero-order valence-electron chi connectivity index (χ0n) is 9.39. The van der Waals surface area contributed by atoms with Gasteiger partial charge in [0.1, 0.15) is 0 Å². The molecule has 2 aromatic rings. The van der Waals surface area contributed by atoms with E-state index in [4.69, 9.17) is 0 Å². The van der Waals surface area contributed by atoms with Crippen molar-refractivity contribution in [2.75, 3.05) is 11.4 Å². The molecule has 17 heavy (non-hydrogen) atoms. The van der Waals surface area contributed by atoms with Gasteiger partial charge in [-0.3, -0.25) is 9.89 Å². The van der Waals surface area contributed by atoms with Crippen molar-refractivity contribution in [3.8, 4) is 0 Å². The van der Waals surface area contributed by atoms with E-state index < -0.39 is 0 Å². The average Bonchev–Trinajstić information content (AvgIpc) is 2.93. The second-order valence-electron chi connectivity index (χ2n) is 4.35. The summed E-state index contributed by atoms with van der Waals surface area (Å²) in [7, 11) is 0. The van der Waals surface area contributed by atoms with Crippen LogP contribution in [0.3, 0.4) is 0 Å². The Hall–Kier alpha value is -2.10. The van der Waals surface area contributed by atoms with E-state index in [1.165, 1.54) is 0 Å². The molecule has 1 N–H and O–H groups in total. The molecule has 0 radical (unpaired) electrons. The maximum atomic E-state index is 11.9. The van der Waals surface area contributed by atoms with Gasteiger partial charge in [0.2, 0.25) is 5.91 Å². The minimum Gasteiger partial charge on any atom is -0.312 e. The molecule has 1 aliphatic heterocycles. The number of nitrogens with one attached hydrogen (secondary N) is 1. The predicted molar refractivity (Wildman–Crippen MR) is 66.8 cm³/mol. The minimum atomic E-state index is 0.165. The van der Waals surface area contributed by atoms with E-state index in [1.54, 1.807) is 6.20 Å². The predicted octanol–water partition coefficient (Wildman–Crippen LogP) is 2.10. The lowest BCUT2D eigenvalue weighted by Gasteiger charge is -2.16. The number of hydrogen-bond donors (Lipinski definition) is 1. The van der Waals surface area contributed by atoms with Crippen LogP contribution in [0.1, 0.15) is 6.42 Å². The Morgan fingerprint density at radius 3 is 3.18 bits per heavy atom. The number of hydrogen-bond acceptors (Lipinski definition) is 2. The molecule has 1 amide bonds. The number of aromatic nitrogens is 2. The highest BCUT2D eigenvalue weighted by molar-refractivity contribution is 5.97. The van der Waals surface area contributed by atoms with Crippen LogP contribution in [0.15, 0.2) is 37.1 Å². The van der Waals surface area contributed by atoms with Crippen molar-refractivity contribution in [1.82, 2.24) is 10.2 Å². The summed E-state index contributed by atoms with van der Waals surface area (Å²) in [5, 5.41) is 7.90. The minimum absolute atomic E-state index is 0.165. The van der Waals surface area contributed by atoms with Gasteiger partial charge < -0.3 is 4.90 Å². The molecule has 1 aromatic carbocycles. The van der Waals surface area contributed by atoms with Crippen LogP contribution in [0.5, 0.6) is 0 Å². The third kappa shape index (κ3) is 1.62.